The van der Waals surface area contributed by atoms with Gasteiger partial charge in [-0.25, -0.2) is 4.79 Å². The van der Waals surface area contributed by atoms with Gasteiger partial charge < -0.3 is 15.0 Å². The molecule has 1 aromatic heterocycles. The maximum atomic E-state index is 12.6. The van der Waals surface area contributed by atoms with Gasteiger partial charge in [-0.1, -0.05) is 17.7 Å². The number of anilines is 1. The van der Waals surface area contributed by atoms with E-state index in [2.05, 4.69) is 10.3 Å². The third-order valence-electron chi connectivity index (χ3n) is 3.99. The molecule has 1 N–H and O–H groups in total. The van der Waals surface area contributed by atoms with E-state index in [-0.39, 0.29) is 12.0 Å². The molecule has 0 saturated heterocycles. The first-order valence-corrected chi connectivity index (χ1v) is 8.40. The average Bonchev–Trinajstić information content (AvgIpc) is 2.61. The third kappa shape index (κ3) is 3.91. The Kier molecular flexibility index (Phi) is 5.19. The molecule has 0 aliphatic carbocycles. The number of amides is 2. The second-order valence-corrected chi connectivity index (χ2v) is 6.10. The van der Waals surface area contributed by atoms with Gasteiger partial charge in [-0.05, 0) is 42.7 Å². The lowest BCUT2D eigenvalue weighted by atomic mass is 9.97. The van der Waals surface area contributed by atoms with Crippen LogP contribution in [0.5, 0.6) is 0 Å². The molecule has 0 saturated carbocycles. The molecule has 1 aliphatic rings. The number of fused-ring (bicyclic) bond motifs is 1. The molecule has 1 aliphatic heterocycles. The highest BCUT2D eigenvalue weighted by molar-refractivity contribution is 6.31. The summed E-state index contributed by atoms with van der Waals surface area (Å²) in [6.45, 7) is 3.00. The predicted octanol–water partition coefficient (Wildman–Crippen LogP) is 3.50. The van der Waals surface area contributed by atoms with Crippen molar-refractivity contribution in [2.75, 3.05) is 18.5 Å². The molecule has 6 nitrogen and oxygen atoms in total. The van der Waals surface area contributed by atoms with Gasteiger partial charge in [-0.3, -0.25) is 9.78 Å². The van der Waals surface area contributed by atoms with Crippen LogP contribution in [-0.4, -0.2) is 35.0 Å². The number of aromatic nitrogens is 1. The molecule has 2 aromatic rings. The first kappa shape index (κ1) is 17.2. The standard InChI is InChI=1S/C18H18ClN3O3/c1-2-25-18(24)22-7-6-15-12(11-22)9-20-10-16(15)17(23)21-14-5-3-4-13(19)8-14/h3-5,8-10H,2,6-7,11H2,1H3,(H,21,23). The van der Waals surface area contributed by atoms with Crippen molar-refractivity contribution in [1.29, 1.82) is 0 Å². The molecule has 2 heterocycles. The summed E-state index contributed by atoms with van der Waals surface area (Å²) >= 11 is 5.95. The van der Waals surface area contributed by atoms with E-state index >= 15 is 0 Å². The molecule has 1 aromatic carbocycles. The number of rotatable bonds is 3. The number of nitrogens with zero attached hydrogens (tertiary/aromatic N) is 2. The zero-order valence-electron chi connectivity index (χ0n) is 13.8. The molecule has 0 atom stereocenters. The number of ether oxygens (including phenoxy) is 1. The first-order valence-electron chi connectivity index (χ1n) is 8.03. The highest BCUT2D eigenvalue weighted by Gasteiger charge is 2.25. The van der Waals surface area contributed by atoms with Gasteiger partial charge >= 0.3 is 6.09 Å². The number of hydrogen-bond acceptors (Lipinski definition) is 4. The van der Waals surface area contributed by atoms with Crippen molar-refractivity contribution < 1.29 is 14.3 Å². The summed E-state index contributed by atoms with van der Waals surface area (Å²) < 4.78 is 5.04. The highest BCUT2D eigenvalue weighted by Crippen LogP contribution is 2.23. The van der Waals surface area contributed by atoms with Crippen LogP contribution in [0.1, 0.15) is 28.4 Å². The molecular formula is C18H18ClN3O3. The molecule has 0 radical (unpaired) electrons. The molecule has 25 heavy (non-hydrogen) atoms. The lowest BCUT2D eigenvalue weighted by molar-refractivity contribution is 0.101. The molecule has 7 heteroatoms. The molecule has 0 spiro atoms. The van der Waals surface area contributed by atoms with Crippen LogP contribution in [0, 0.1) is 0 Å². The van der Waals surface area contributed by atoms with Crippen LogP contribution in [0.25, 0.3) is 0 Å². The Morgan fingerprint density at radius 1 is 1.36 bits per heavy atom. The Balaban J connectivity index is 1.79. The lowest BCUT2D eigenvalue weighted by Crippen LogP contribution is -2.37. The summed E-state index contributed by atoms with van der Waals surface area (Å²) in [5, 5.41) is 3.39. The summed E-state index contributed by atoms with van der Waals surface area (Å²) in [5.41, 5.74) is 2.91. The van der Waals surface area contributed by atoms with E-state index in [1.807, 2.05) is 0 Å². The number of benzene rings is 1. The van der Waals surface area contributed by atoms with Crippen molar-refractivity contribution in [1.82, 2.24) is 9.88 Å². The minimum Gasteiger partial charge on any atom is -0.450 e. The Labute approximate surface area is 150 Å². The smallest absolute Gasteiger partial charge is 0.410 e. The van der Waals surface area contributed by atoms with E-state index in [0.29, 0.717) is 42.4 Å². The van der Waals surface area contributed by atoms with Crippen molar-refractivity contribution in [3.05, 3.63) is 58.4 Å². The molecule has 0 unspecified atom stereocenters. The Morgan fingerprint density at radius 2 is 2.20 bits per heavy atom. The quantitative estimate of drug-likeness (QED) is 0.910. The normalized spacial score (nSPS) is 13.1. The van der Waals surface area contributed by atoms with Gasteiger partial charge in [0.05, 0.1) is 18.7 Å². The summed E-state index contributed by atoms with van der Waals surface area (Å²) in [4.78, 5) is 30.3. The number of carbonyl (C=O) groups excluding carboxylic acids is 2. The summed E-state index contributed by atoms with van der Waals surface area (Å²) in [7, 11) is 0. The van der Waals surface area contributed by atoms with E-state index in [0.717, 1.165) is 11.1 Å². The van der Waals surface area contributed by atoms with Crippen LogP contribution < -0.4 is 5.32 Å². The van der Waals surface area contributed by atoms with Gasteiger partial charge in [-0.2, -0.15) is 0 Å². The lowest BCUT2D eigenvalue weighted by Gasteiger charge is -2.28. The summed E-state index contributed by atoms with van der Waals surface area (Å²) in [6, 6.07) is 6.97. The Morgan fingerprint density at radius 3 is 2.96 bits per heavy atom. The highest BCUT2D eigenvalue weighted by atomic mass is 35.5. The second kappa shape index (κ2) is 7.53. The fourth-order valence-electron chi connectivity index (χ4n) is 2.82. The maximum absolute atomic E-state index is 12.6. The van der Waals surface area contributed by atoms with Crippen LogP contribution >= 0.6 is 11.6 Å². The van der Waals surface area contributed by atoms with Gasteiger partial charge in [0.15, 0.2) is 0 Å². The fourth-order valence-corrected chi connectivity index (χ4v) is 3.01. The number of nitrogens with one attached hydrogen (secondary N) is 1. The maximum Gasteiger partial charge on any atom is 0.410 e. The number of carbonyl (C=O) groups is 2. The predicted molar refractivity (Wildman–Crippen MR) is 94.8 cm³/mol. The Hall–Kier alpha value is -2.60. The van der Waals surface area contributed by atoms with E-state index in [1.165, 1.54) is 0 Å². The largest absolute Gasteiger partial charge is 0.450 e. The first-order chi connectivity index (χ1) is 12.1. The second-order valence-electron chi connectivity index (χ2n) is 5.66. The molecular weight excluding hydrogens is 342 g/mol. The van der Waals surface area contributed by atoms with Crippen LogP contribution in [0.15, 0.2) is 36.7 Å². The minimum absolute atomic E-state index is 0.240. The monoisotopic (exact) mass is 359 g/mol. The molecule has 0 fully saturated rings. The van der Waals surface area contributed by atoms with Crippen LogP contribution in [0.3, 0.4) is 0 Å². The van der Waals surface area contributed by atoms with E-state index in [4.69, 9.17) is 16.3 Å². The summed E-state index contributed by atoms with van der Waals surface area (Å²) in [6.07, 6.45) is 3.48. The van der Waals surface area contributed by atoms with Gasteiger partial charge in [0.2, 0.25) is 0 Å². The van der Waals surface area contributed by atoms with Gasteiger partial charge in [0.25, 0.3) is 5.91 Å². The molecule has 0 bridgehead atoms. The van der Waals surface area contributed by atoms with Crippen molar-refractivity contribution >= 4 is 29.3 Å². The number of pyridine rings is 1. The number of hydrogen-bond donors (Lipinski definition) is 1. The SMILES string of the molecule is CCOC(=O)N1CCc2c(cncc2C(=O)Nc2cccc(Cl)c2)C1. The minimum atomic E-state index is -0.345. The van der Waals surface area contributed by atoms with Crippen molar-refractivity contribution in [2.24, 2.45) is 0 Å². The van der Waals surface area contributed by atoms with Gasteiger partial charge in [0, 0.05) is 29.6 Å². The van der Waals surface area contributed by atoms with Crippen LogP contribution in [0.4, 0.5) is 10.5 Å². The zero-order valence-corrected chi connectivity index (χ0v) is 14.5. The fraction of sp³-hybridized carbons (Fsp3) is 0.278. The average molecular weight is 360 g/mol. The third-order valence-corrected chi connectivity index (χ3v) is 4.23. The zero-order chi connectivity index (χ0) is 17.8. The van der Waals surface area contributed by atoms with Crippen molar-refractivity contribution in [3.8, 4) is 0 Å². The van der Waals surface area contributed by atoms with Crippen LogP contribution in [-0.2, 0) is 17.7 Å². The summed E-state index contributed by atoms with van der Waals surface area (Å²) in [5.74, 6) is -0.240. The van der Waals surface area contributed by atoms with E-state index in [1.54, 1.807) is 48.5 Å². The van der Waals surface area contributed by atoms with Gasteiger partial charge in [0.1, 0.15) is 0 Å². The van der Waals surface area contributed by atoms with Crippen LogP contribution in [0.2, 0.25) is 5.02 Å². The Bertz CT molecular complexity index is 810. The molecule has 130 valence electrons. The van der Waals surface area contributed by atoms with Gasteiger partial charge in [-0.15, -0.1) is 0 Å². The van der Waals surface area contributed by atoms with Crippen molar-refractivity contribution in [3.63, 3.8) is 0 Å². The van der Waals surface area contributed by atoms with Crippen molar-refractivity contribution in [2.45, 2.75) is 19.9 Å². The van der Waals surface area contributed by atoms with E-state index in [9.17, 15) is 9.59 Å². The van der Waals surface area contributed by atoms with E-state index < -0.39 is 0 Å². The topological polar surface area (TPSA) is 71.5 Å². The number of halogens is 1. The molecule has 3 rings (SSSR count). The molecule has 2 amide bonds.